The van der Waals surface area contributed by atoms with Gasteiger partial charge in [-0.2, -0.15) is 13.2 Å². The summed E-state index contributed by atoms with van der Waals surface area (Å²) in [7, 11) is 0. The average Bonchev–Trinajstić information content (AvgIpc) is 2.09. The fourth-order valence-corrected chi connectivity index (χ4v) is 1.25. The molecule has 5 heteroatoms. The van der Waals surface area contributed by atoms with E-state index in [9.17, 15) is 18.3 Å². The van der Waals surface area contributed by atoms with Gasteiger partial charge in [0.25, 0.3) is 0 Å². The lowest BCUT2D eigenvalue weighted by Gasteiger charge is -2.09. The highest BCUT2D eigenvalue weighted by Gasteiger charge is 2.27. The molecule has 0 spiro atoms. The Bertz CT molecular complexity index is 148. The maximum Gasteiger partial charge on any atom is 0.411 e. The molecule has 0 heterocycles. The minimum Gasteiger partial charge on any atom is -0.393 e. The zero-order valence-corrected chi connectivity index (χ0v) is 9.02. The molecule has 0 aliphatic rings. The largest absolute Gasteiger partial charge is 0.411 e. The average molecular weight is 228 g/mol. The van der Waals surface area contributed by atoms with Crippen molar-refractivity contribution in [3.63, 3.8) is 0 Å². The Morgan fingerprint density at radius 3 is 2.40 bits per heavy atom. The number of hydrogen-bond acceptors (Lipinski definition) is 2. The van der Waals surface area contributed by atoms with Gasteiger partial charge in [-0.3, -0.25) is 0 Å². The van der Waals surface area contributed by atoms with Crippen LogP contribution in [0, 0.1) is 0 Å². The summed E-state index contributed by atoms with van der Waals surface area (Å²) in [5.74, 6) is 0. The molecule has 0 aliphatic carbocycles. The molecule has 0 fully saturated rings. The van der Waals surface area contributed by atoms with Crippen molar-refractivity contribution in [2.24, 2.45) is 0 Å². The van der Waals surface area contributed by atoms with Crippen LogP contribution < -0.4 is 0 Å². The number of rotatable bonds is 8. The van der Waals surface area contributed by atoms with Crippen LogP contribution in [0.25, 0.3) is 0 Å². The van der Waals surface area contributed by atoms with E-state index in [1.165, 1.54) is 0 Å². The zero-order chi connectivity index (χ0) is 11.7. The first-order chi connectivity index (χ1) is 6.95. The van der Waals surface area contributed by atoms with Gasteiger partial charge in [-0.25, -0.2) is 0 Å². The van der Waals surface area contributed by atoms with Gasteiger partial charge in [-0.1, -0.05) is 13.3 Å². The molecule has 0 aromatic heterocycles. The lowest BCUT2D eigenvalue weighted by Crippen LogP contribution is -2.17. The second-order valence-corrected chi connectivity index (χ2v) is 3.61. The molecule has 1 atom stereocenters. The molecular weight excluding hydrogens is 209 g/mol. The molecule has 1 unspecified atom stereocenters. The maximum absolute atomic E-state index is 11.6. The Balaban J connectivity index is 3.18. The summed E-state index contributed by atoms with van der Waals surface area (Å²) in [6.07, 6.45) is -0.965. The van der Waals surface area contributed by atoms with Gasteiger partial charge in [-0.05, 0) is 25.7 Å². The van der Waals surface area contributed by atoms with E-state index in [-0.39, 0.29) is 12.7 Å². The highest BCUT2D eigenvalue weighted by atomic mass is 19.4. The van der Waals surface area contributed by atoms with Crippen LogP contribution >= 0.6 is 0 Å². The second-order valence-electron chi connectivity index (χ2n) is 3.61. The number of alkyl halides is 3. The third-order valence-electron chi connectivity index (χ3n) is 1.96. The normalized spacial score (nSPS) is 14.2. The first-order valence-electron chi connectivity index (χ1n) is 5.28. The van der Waals surface area contributed by atoms with Crippen molar-refractivity contribution < 1.29 is 23.0 Å². The molecule has 1 N–H and O–H groups in total. The number of aliphatic hydroxyl groups excluding tert-OH is 1. The number of hydrogen-bond donors (Lipinski definition) is 1. The zero-order valence-electron chi connectivity index (χ0n) is 9.02. The number of halogens is 3. The highest BCUT2D eigenvalue weighted by Crippen LogP contribution is 2.14. The molecule has 0 bridgehead atoms. The number of aliphatic hydroxyl groups is 1. The second kappa shape index (κ2) is 7.93. The van der Waals surface area contributed by atoms with E-state index in [1.54, 1.807) is 0 Å². The van der Waals surface area contributed by atoms with Crippen molar-refractivity contribution >= 4 is 0 Å². The highest BCUT2D eigenvalue weighted by molar-refractivity contribution is 4.54. The molecular formula is C10H19F3O2. The number of ether oxygens (including phenoxy) is 1. The SMILES string of the molecule is CCCC(O)CCCCOCC(F)(F)F. The molecule has 15 heavy (non-hydrogen) atoms. The van der Waals surface area contributed by atoms with E-state index in [0.717, 1.165) is 12.8 Å². The van der Waals surface area contributed by atoms with Gasteiger partial charge >= 0.3 is 6.18 Å². The molecule has 0 aromatic carbocycles. The van der Waals surface area contributed by atoms with Crippen LogP contribution in [0.3, 0.4) is 0 Å². The maximum atomic E-state index is 11.6. The van der Waals surface area contributed by atoms with Crippen molar-refractivity contribution in [1.29, 1.82) is 0 Å². The monoisotopic (exact) mass is 228 g/mol. The number of unbranched alkanes of at least 4 members (excludes halogenated alkanes) is 1. The predicted octanol–water partition coefficient (Wildman–Crippen LogP) is 2.90. The standard InChI is InChI=1S/C10H19F3O2/c1-2-5-9(14)6-3-4-7-15-8-10(11,12)13/h9,14H,2-8H2,1H3. The summed E-state index contributed by atoms with van der Waals surface area (Å²) in [6.45, 7) is 0.915. The summed E-state index contributed by atoms with van der Waals surface area (Å²) in [5.41, 5.74) is 0. The Kier molecular flexibility index (Phi) is 7.78. The van der Waals surface area contributed by atoms with Crippen molar-refractivity contribution in [1.82, 2.24) is 0 Å². The van der Waals surface area contributed by atoms with Crippen LogP contribution in [-0.4, -0.2) is 30.6 Å². The molecule has 0 saturated carbocycles. The summed E-state index contributed by atoms with van der Waals surface area (Å²) in [6, 6.07) is 0. The fraction of sp³-hybridized carbons (Fsp3) is 1.00. The Labute approximate surface area is 88.4 Å². The molecule has 92 valence electrons. The summed E-state index contributed by atoms with van der Waals surface area (Å²) in [4.78, 5) is 0. The van der Waals surface area contributed by atoms with Crippen molar-refractivity contribution in [2.75, 3.05) is 13.2 Å². The quantitative estimate of drug-likeness (QED) is 0.647. The molecule has 0 amide bonds. The van der Waals surface area contributed by atoms with Gasteiger partial charge < -0.3 is 9.84 Å². The lowest BCUT2D eigenvalue weighted by atomic mass is 10.1. The lowest BCUT2D eigenvalue weighted by molar-refractivity contribution is -0.174. The van der Waals surface area contributed by atoms with E-state index in [4.69, 9.17) is 0 Å². The third-order valence-corrected chi connectivity index (χ3v) is 1.96. The Morgan fingerprint density at radius 2 is 1.87 bits per heavy atom. The van der Waals surface area contributed by atoms with Crippen molar-refractivity contribution in [3.05, 3.63) is 0 Å². The van der Waals surface area contributed by atoms with E-state index in [2.05, 4.69) is 4.74 Å². The minimum absolute atomic E-state index is 0.109. The molecule has 0 saturated heterocycles. The van der Waals surface area contributed by atoms with Crippen LogP contribution in [0.4, 0.5) is 13.2 Å². The van der Waals surface area contributed by atoms with Crippen LogP contribution in [0.1, 0.15) is 39.0 Å². The summed E-state index contributed by atoms with van der Waals surface area (Å²) >= 11 is 0. The van der Waals surface area contributed by atoms with E-state index < -0.39 is 12.8 Å². The van der Waals surface area contributed by atoms with Crippen LogP contribution in [-0.2, 0) is 4.74 Å². The van der Waals surface area contributed by atoms with E-state index >= 15 is 0 Å². The van der Waals surface area contributed by atoms with Gasteiger partial charge in [-0.15, -0.1) is 0 Å². The van der Waals surface area contributed by atoms with Crippen molar-refractivity contribution in [3.8, 4) is 0 Å². The van der Waals surface area contributed by atoms with E-state index in [0.29, 0.717) is 19.3 Å². The van der Waals surface area contributed by atoms with E-state index in [1.807, 2.05) is 6.92 Å². The summed E-state index contributed by atoms with van der Waals surface area (Å²) in [5, 5.41) is 9.31. The third kappa shape index (κ3) is 11.6. The van der Waals surface area contributed by atoms with Crippen LogP contribution in [0.15, 0.2) is 0 Å². The van der Waals surface area contributed by atoms with Gasteiger partial charge in [0.05, 0.1) is 6.10 Å². The van der Waals surface area contributed by atoms with Crippen LogP contribution in [0.2, 0.25) is 0 Å². The Morgan fingerprint density at radius 1 is 1.20 bits per heavy atom. The van der Waals surface area contributed by atoms with Crippen molar-refractivity contribution in [2.45, 2.75) is 51.3 Å². The Hall–Kier alpha value is -0.290. The van der Waals surface area contributed by atoms with Gasteiger partial charge in [0, 0.05) is 6.61 Å². The first-order valence-corrected chi connectivity index (χ1v) is 5.28. The molecule has 0 rings (SSSR count). The predicted molar refractivity (Wildman–Crippen MR) is 51.6 cm³/mol. The topological polar surface area (TPSA) is 29.5 Å². The smallest absolute Gasteiger partial charge is 0.393 e. The minimum atomic E-state index is -4.23. The van der Waals surface area contributed by atoms with Crippen LogP contribution in [0.5, 0.6) is 0 Å². The van der Waals surface area contributed by atoms with Gasteiger partial charge in [0.2, 0.25) is 0 Å². The van der Waals surface area contributed by atoms with Gasteiger partial charge in [0.15, 0.2) is 0 Å². The fourth-order valence-electron chi connectivity index (χ4n) is 1.25. The molecule has 0 radical (unpaired) electrons. The molecule has 2 nitrogen and oxygen atoms in total. The molecule has 0 aliphatic heterocycles. The first kappa shape index (κ1) is 14.7. The summed E-state index contributed by atoms with van der Waals surface area (Å²) < 4.78 is 39.3. The molecule has 0 aromatic rings. The van der Waals surface area contributed by atoms with Gasteiger partial charge in [0.1, 0.15) is 6.61 Å².